The fourth-order valence-electron chi connectivity index (χ4n) is 3.39. The van der Waals surface area contributed by atoms with E-state index in [1.807, 2.05) is 72.8 Å². The van der Waals surface area contributed by atoms with Gasteiger partial charge in [-0.1, -0.05) is 72.8 Å². The van der Waals surface area contributed by atoms with E-state index < -0.39 is 6.04 Å². The van der Waals surface area contributed by atoms with Gasteiger partial charge in [0.1, 0.15) is 6.04 Å². The molecule has 1 aliphatic heterocycles. The van der Waals surface area contributed by atoms with Gasteiger partial charge in [0.15, 0.2) is 5.78 Å². The number of ketones is 1. The molecule has 3 heteroatoms. The normalized spacial score (nSPS) is 16.4. The van der Waals surface area contributed by atoms with Crippen LogP contribution in [0.3, 0.4) is 0 Å². The van der Waals surface area contributed by atoms with E-state index in [0.29, 0.717) is 12.0 Å². The minimum atomic E-state index is -0.637. The number of fused-ring (bicyclic) bond motifs is 1. The molecule has 1 unspecified atom stereocenters. The highest BCUT2D eigenvalue weighted by Gasteiger charge is 2.38. The Bertz CT molecular complexity index is 919. The van der Waals surface area contributed by atoms with E-state index >= 15 is 0 Å². The Morgan fingerprint density at radius 1 is 0.800 bits per heavy atom. The van der Waals surface area contributed by atoms with Gasteiger partial charge in [0.2, 0.25) is 5.91 Å². The van der Waals surface area contributed by atoms with Crippen molar-refractivity contribution in [1.29, 1.82) is 0 Å². The molecule has 0 saturated carbocycles. The first-order chi connectivity index (χ1) is 12.3. The van der Waals surface area contributed by atoms with Gasteiger partial charge in [-0.3, -0.25) is 14.5 Å². The second-order valence-electron chi connectivity index (χ2n) is 6.11. The maximum Gasteiger partial charge on any atom is 0.232 e. The molecule has 0 fully saturated rings. The van der Waals surface area contributed by atoms with E-state index in [2.05, 4.69) is 0 Å². The van der Waals surface area contributed by atoms with Crippen molar-refractivity contribution in [3.63, 3.8) is 0 Å². The van der Waals surface area contributed by atoms with Crippen molar-refractivity contribution < 1.29 is 9.59 Å². The van der Waals surface area contributed by atoms with Gasteiger partial charge >= 0.3 is 0 Å². The van der Waals surface area contributed by atoms with E-state index in [-0.39, 0.29) is 11.7 Å². The van der Waals surface area contributed by atoms with Gasteiger partial charge in [0, 0.05) is 11.3 Å². The maximum absolute atomic E-state index is 13.3. The van der Waals surface area contributed by atoms with Crippen LogP contribution >= 0.6 is 0 Å². The highest BCUT2D eigenvalue weighted by atomic mass is 16.2. The third-order valence-electron chi connectivity index (χ3n) is 4.56. The van der Waals surface area contributed by atoms with Crippen molar-refractivity contribution in [2.75, 3.05) is 4.90 Å². The van der Waals surface area contributed by atoms with E-state index in [4.69, 9.17) is 0 Å². The second-order valence-corrected chi connectivity index (χ2v) is 6.11. The molecular weight excluding hydrogens is 310 g/mol. The number of carbonyl (C=O) groups excluding carboxylic acids is 2. The van der Waals surface area contributed by atoms with Crippen LogP contribution in [0.1, 0.15) is 27.5 Å². The number of amides is 1. The Morgan fingerprint density at radius 3 is 2.12 bits per heavy atom. The van der Waals surface area contributed by atoms with E-state index in [0.717, 1.165) is 16.8 Å². The minimum absolute atomic E-state index is 0.0563. The van der Waals surface area contributed by atoms with Crippen molar-refractivity contribution in [2.24, 2.45) is 0 Å². The molecule has 1 aliphatic rings. The zero-order valence-electron chi connectivity index (χ0n) is 13.6. The molecule has 0 spiro atoms. The lowest BCUT2D eigenvalue weighted by atomic mass is 9.87. The topological polar surface area (TPSA) is 37.4 Å². The largest absolute Gasteiger partial charge is 0.297 e. The summed E-state index contributed by atoms with van der Waals surface area (Å²) in [6.45, 7) is 0. The van der Waals surface area contributed by atoms with Crippen LogP contribution in [-0.2, 0) is 11.2 Å². The fourth-order valence-corrected chi connectivity index (χ4v) is 3.39. The highest BCUT2D eigenvalue weighted by Crippen LogP contribution is 2.36. The number of hydrogen-bond donors (Lipinski definition) is 0. The molecule has 122 valence electrons. The van der Waals surface area contributed by atoms with Crippen molar-refractivity contribution in [3.8, 4) is 0 Å². The molecule has 0 saturated heterocycles. The predicted octanol–water partition coefficient (Wildman–Crippen LogP) is 4.20. The van der Waals surface area contributed by atoms with Crippen LogP contribution in [-0.4, -0.2) is 11.7 Å². The van der Waals surface area contributed by atoms with Crippen LogP contribution in [0.15, 0.2) is 84.9 Å². The number of rotatable bonds is 3. The summed E-state index contributed by atoms with van der Waals surface area (Å²) in [6.07, 6.45) is 0.309. The molecule has 0 aromatic heterocycles. The number of carbonyl (C=O) groups is 2. The number of hydrogen-bond acceptors (Lipinski definition) is 2. The average Bonchev–Trinajstić information content (AvgIpc) is 2.67. The monoisotopic (exact) mass is 327 g/mol. The number of para-hydroxylation sites is 1. The molecule has 4 rings (SSSR count). The summed E-state index contributed by atoms with van der Waals surface area (Å²) in [5, 5.41) is 0. The van der Waals surface area contributed by atoms with Crippen LogP contribution in [0, 0.1) is 0 Å². The Morgan fingerprint density at radius 2 is 1.40 bits per heavy atom. The summed E-state index contributed by atoms with van der Waals surface area (Å²) in [6, 6.07) is 25.7. The summed E-state index contributed by atoms with van der Waals surface area (Å²) >= 11 is 0. The Balaban J connectivity index is 1.88. The first-order valence-electron chi connectivity index (χ1n) is 8.30. The molecule has 1 atom stereocenters. The number of nitrogens with zero attached hydrogens (tertiary/aromatic N) is 1. The van der Waals surface area contributed by atoms with Gasteiger partial charge in [-0.15, -0.1) is 0 Å². The van der Waals surface area contributed by atoms with Crippen LogP contribution < -0.4 is 4.90 Å². The lowest BCUT2D eigenvalue weighted by Gasteiger charge is -2.36. The van der Waals surface area contributed by atoms with Crippen molar-refractivity contribution >= 4 is 17.4 Å². The number of Topliss-reactive ketones (excluding diaryl/α,β-unsaturated/α-hetero) is 1. The highest BCUT2D eigenvalue weighted by molar-refractivity contribution is 6.10. The van der Waals surface area contributed by atoms with Crippen LogP contribution in [0.2, 0.25) is 0 Å². The van der Waals surface area contributed by atoms with Gasteiger partial charge in [-0.25, -0.2) is 0 Å². The molecule has 0 radical (unpaired) electrons. The van der Waals surface area contributed by atoms with E-state index in [1.54, 1.807) is 17.0 Å². The van der Waals surface area contributed by atoms with Crippen molar-refractivity contribution in [2.45, 2.75) is 12.5 Å². The first-order valence-corrected chi connectivity index (χ1v) is 8.30. The van der Waals surface area contributed by atoms with Gasteiger partial charge in [0.25, 0.3) is 0 Å². The lowest BCUT2D eigenvalue weighted by molar-refractivity contribution is -0.118. The van der Waals surface area contributed by atoms with Gasteiger partial charge in [-0.2, -0.15) is 0 Å². The van der Waals surface area contributed by atoms with Gasteiger partial charge < -0.3 is 0 Å². The molecule has 3 aromatic carbocycles. The lowest BCUT2D eigenvalue weighted by Crippen LogP contribution is -2.44. The molecule has 0 N–H and O–H groups in total. The summed E-state index contributed by atoms with van der Waals surface area (Å²) < 4.78 is 0. The summed E-state index contributed by atoms with van der Waals surface area (Å²) in [4.78, 5) is 27.8. The van der Waals surface area contributed by atoms with Gasteiger partial charge in [0.05, 0.1) is 6.42 Å². The van der Waals surface area contributed by atoms with Crippen molar-refractivity contribution in [1.82, 2.24) is 0 Å². The summed E-state index contributed by atoms with van der Waals surface area (Å²) in [5.74, 6) is -0.121. The van der Waals surface area contributed by atoms with E-state index in [1.165, 1.54) is 0 Å². The SMILES string of the molecule is O=C(c1ccccc1)C1c2ccccc2CC(=O)N1c1ccccc1. The standard InChI is InChI=1S/C22H17NO2/c24-20-15-17-11-7-8-14-19(17)21(22(25)16-9-3-1-4-10-16)23(20)18-12-5-2-6-13-18/h1-14,21H,15H2. The van der Waals surface area contributed by atoms with E-state index in [9.17, 15) is 9.59 Å². The smallest absolute Gasteiger partial charge is 0.232 e. The average molecular weight is 327 g/mol. The Kier molecular flexibility index (Phi) is 3.90. The molecule has 3 nitrogen and oxygen atoms in total. The van der Waals surface area contributed by atoms with Gasteiger partial charge in [-0.05, 0) is 23.3 Å². The molecule has 1 heterocycles. The second kappa shape index (κ2) is 6.36. The zero-order valence-corrected chi connectivity index (χ0v) is 13.6. The summed E-state index contributed by atoms with van der Waals surface area (Å²) in [7, 11) is 0. The molecule has 0 aliphatic carbocycles. The molecule has 0 bridgehead atoms. The third kappa shape index (κ3) is 2.74. The fraction of sp³-hybridized carbons (Fsp3) is 0.0909. The minimum Gasteiger partial charge on any atom is -0.297 e. The third-order valence-corrected chi connectivity index (χ3v) is 4.56. The number of benzene rings is 3. The number of anilines is 1. The van der Waals surface area contributed by atoms with Crippen LogP contribution in [0.25, 0.3) is 0 Å². The Hall–Kier alpha value is -3.20. The quantitative estimate of drug-likeness (QED) is 0.676. The maximum atomic E-state index is 13.3. The first kappa shape index (κ1) is 15.3. The summed E-state index contributed by atoms with van der Waals surface area (Å²) in [5.41, 5.74) is 3.18. The van der Waals surface area contributed by atoms with Crippen LogP contribution in [0.5, 0.6) is 0 Å². The van der Waals surface area contributed by atoms with Crippen molar-refractivity contribution in [3.05, 3.63) is 102 Å². The molecule has 25 heavy (non-hydrogen) atoms. The van der Waals surface area contributed by atoms with Crippen LogP contribution in [0.4, 0.5) is 5.69 Å². The molecule has 1 amide bonds. The molecule has 3 aromatic rings. The zero-order chi connectivity index (χ0) is 17.2. The Labute approximate surface area is 146 Å². The molecular formula is C22H17NO2. The predicted molar refractivity (Wildman–Crippen MR) is 97.6 cm³/mol.